The lowest BCUT2D eigenvalue weighted by atomic mass is 10.0. The van der Waals surface area contributed by atoms with Crippen molar-refractivity contribution in [1.82, 2.24) is 15.5 Å². The molecule has 1 heterocycles. The number of carbonyl (C=O) groups excluding carboxylic acids is 1. The standard InChI is InChI=1S/C12H22N4O/c1-16(9-11-5-2-3-7-14-11)10-12(17)15-8-4-6-13/h11,14H,2-5,7-10H2,1H3,(H,15,17). The van der Waals surface area contributed by atoms with Crippen molar-refractivity contribution < 1.29 is 4.79 Å². The molecule has 0 bridgehead atoms. The minimum Gasteiger partial charge on any atom is -0.354 e. The van der Waals surface area contributed by atoms with Crippen LogP contribution >= 0.6 is 0 Å². The lowest BCUT2D eigenvalue weighted by Gasteiger charge is -2.27. The summed E-state index contributed by atoms with van der Waals surface area (Å²) < 4.78 is 0. The predicted molar refractivity (Wildman–Crippen MR) is 66.4 cm³/mol. The Bertz CT molecular complexity index is 268. The summed E-state index contributed by atoms with van der Waals surface area (Å²) in [4.78, 5) is 13.5. The first kappa shape index (κ1) is 13.9. The fraction of sp³-hybridized carbons (Fsp3) is 0.833. The van der Waals surface area contributed by atoms with Gasteiger partial charge < -0.3 is 10.6 Å². The van der Waals surface area contributed by atoms with Crippen LogP contribution in [0.4, 0.5) is 0 Å². The highest BCUT2D eigenvalue weighted by Gasteiger charge is 2.15. The number of rotatable bonds is 6. The number of nitrogens with zero attached hydrogens (tertiary/aromatic N) is 2. The molecule has 5 nitrogen and oxygen atoms in total. The Labute approximate surface area is 103 Å². The van der Waals surface area contributed by atoms with Crippen LogP contribution in [0.25, 0.3) is 0 Å². The first-order chi connectivity index (χ1) is 8.22. The quantitative estimate of drug-likeness (QED) is 0.644. The number of piperidine rings is 1. The number of amides is 1. The molecule has 1 aliphatic heterocycles. The van der Waals surface area contributed by atoms with E-state index >= 15 is 0 Å². The number of hydrogen-bond donors (Lipinski definition) is 2. The van der Waals surface area contributed by atoms with Gasteiger partial charge in [-0.2, -0.15) is 5.26 Å². The highest BCUT2D eigenvalue weighted by Crippen LogP contribution is 2.07. The molecule has 0 aromatic heterocycles. The topological polar surface area (TPSA) is 68.2 Å². The van der Waals surface area contributed by atoms with Gasteiger partial charge in [-0.3, -0.25) is 9.69 Å². The van der Waals surface area contributed by atoms with E-state index in [1.54, 1.807) is 0 Å². The maximum Gasteiger partial charge on any atom is 0.234 e. The fourth-order valence-corrected chi connectivity index (χ4v) is 2.08. The summed E-state index contributed by atoms with van der Waals surface area (Å²) in [6, 6.07) is 2.52. The SMILES string of the molecule is CN(CC(=O)NCCC#N)CC1CCCCN1. The molecule has 2 N–H and O–H groups in total. The maximum absolute atomic E-state index is 11.5. The van der Waals surface area contributed by atoms with Gasteiger partial charge in [0, 0.05) is 19.1 Å². The molecule has 1 fully saturated rings. The van der Waals surface area contributed by atoms with Gasteiger partial charge in [0.25, 0.3) is 0 Å². The minimum absolute atomic E-state index is 0.00133. The number of hydrogen-bond acceptors (Lipinski definition) is 4. The Hall–Kier alpha value is -1.12. The van der Waals surface area contributed by atoms with Gasteiger partial charge in [0.05, 0.1) is 19.0 Å². The fourth-order valence-electron chi connectivity index (χ4n) is 2.08. The van der Waals surface area contributed by atoms with Crippen LogP contribution in [-0.2, 0) is 4.79 Å². The molecule has 1 atom stereocenters. The van der Waals surface area contributed by atoms with Crippen LogP contribution in [0, 0.1) is 11.3 Å². The van der Waals surface area contributed by atoms with E-state index in [0.29, 0.717) is 25.6 Å². The molecule has 0 aromatic rings. The average molecular weight is 238 g/mol. The Morgan fingerprint density at radius 2 is 2.41 bits per heavy atom. The molecular weight excluding hydrogens is 216 g/mol. The first-order valence-electron chi connectivity index (χ1n) is 6.28. The summed E-state index contributed by atoms with van der Waals surface area (Å²) in [5.41, 5.74) is 0. The third-order valence-corrected chi connectivity index (χ3v) is 2.92. The molecule has 1 rings (SSSR count). The molecule has 17 heavy (non-hydrogen) atoms. The Balaban J connectivity index is 2.12. The third kappa shape index (κ3) is 6.25. The van der Waals surface area contributed by atoms with Crippen molar-refractivity contribution >= 4 is 5.91 Å². The summed E-state index contributed by atoms with van der Waals surface area (Å²) >= 11 is 0. The van der Waals surface area contributed by atoms with Crippen molar-refractivity contribution in [2.75, 3.05) is 33.2 Å². The lowest BCUT2D eigenvalue weighted by molar-refractivity contribution is -0.121. The van der Waals surface area contributed by atoms with Crippen molar-refractivity contribution in [3.63, 3.8) is 0 Å². The molecule has 0 radical (unpaired) electrons. The van der Waals surface area contributed by atoms with E-state index in [2.05, 4.69) is 10.6 Å². The maximum atomic E-state index is 11.5. The second kappa shape index (κ2) is 8.04. The van der Waals surface area contributed by atoms with Crippen molar-refractivity contribution in [2.45, 2.75) is 31.7 Å². The summed E-state index contributed by atoms with van der Waals surface area (Å²) in [5, 5.41) is 14.5. The second-order valence-corrected chi connectivity index (χ2v) is 4.60. The van der Waals surface area contributed by atoms with Gasteiger partial charge in [-0.15, -0.1) is 0 Å². The van der Waals surface area contributed by atoms with Gasteiger partial charge in [0.2, 0.25) is 5.91 Å². The van der Waals surface area contributed by atoms with E-state index in [0.717, 1.165) is 13.1 Å². The van der Waals surface area contributed by atoms with Crippen molar-refractivity contribution in [3.8, 4) is 6.07 Å². The van der Waals surface area contributed by atoms with Crippen LogP contribution in [0.5, 0.6) is 0 Å². The number of nitrogens with one attached hydrogen (secondary N) is 2. The number of carbonyl (C=O) groups is 1. The zero-order valence-corrected chi connectivity index (χ0v) is 10.5. The minimum atomic E-state index is -0.00133. The monoisotopic (exact) mass is 238 g/mol. The van der Waals surface area contributed by atoms with Gasteiger partial charge in [0.1, 0.15) is 0 Å². The zero-order chi connectivity index (χ0) is 12.5. The molecule has 1 aliphatic rings. The van der Waals surface area contributed by atoms with Crippen molar-refractivity contribution in [2.24, 2.45) is 0 Å². The highest BCUT2D eigenvalue weighted by molar-refractivity contribution is 5.77. The van der Waals surface area contributed by atoms with Gasteiger partial charge in [-0.25, -0.2) is 0 Å². The first-order valence-corrected chi connectivity index (χ1v) is 6.28. The number of nitriles is 1. The van der Waals surface area contributed by atoms with Crippen LogP contribution in [0.2, 0.25) is 0 Å². The van der Waals surface area contributed by atoms with Gasteiger partial charge >= 0.3 is 0 Å². The Kier molecular flexibility index (Phi) is 6.60. The van der Waals surface area contributed by atoms with E-state index in [4.69, 9.17) is 5.26 Å². The summed E-state index contributed by atoms with van der Waals surface area (Å²) in [6.45, 7) is 2.85. The molecule has 1 saturated heterocycles. The molecular formula is C12H22N4O. The molecule has 96 valence electrons. The normalized spacial score (nSPS) is 19.9. The molecule has 1 unspecified atom stereocenters. The van der Waals surface area contributed by atoms with Crippen LogP contribution in [0.3, 0.4) is 0 Å². The predicted octanol–water partition coefficient (Wildman–Crippen LogP) is 0.0902. The van der Waals surface area contributed by atoms with Crippen LogP contribution in [0.1, 0.15) is 25.7 Å². The van der Waals surface area contributed by atoms with E-state index < -0.39 is 0 Å². The summed E-state index contributed by atoms with van der Waals surface area (Å²) in [6.07, 6.45) is 4.11. The van der Waals surface area contributed by atoms with E-state index in [9.17, 15) is 4.79 Å². The lowest BCUT2D eigenvalue weighted by Crippen LogP contribution is -2.45. The molecule has 0 spiro atoms. The van der Waals surface area contributed by atoms with Crippen molar-refractivity contribution in [1.29, 1.82) is 5.26 Å². The molecule has 0 aliphatic carbocycles. The Morgan fingerprint density at radius 3 is 3.06 bits per heavy atom. The number of likely N-dealkylation sites (N-methyl/N-ethyl adjacent to an activating group) is 1. The van der Waals surface area contributed by atoms with E-state index in [-0.39, 0.29) is 5.91 Å². The van der Waals surface area contributed by atoms with Crippen LogP contribution in [-0.4, -0.2) is 50.1 Å². The molecule has 1 amide bonds. The Morgan fingerprint density at radius 1 is 1.59 bits per heavy atom. The average Bonchev–Trinajstić information content (AvgIpc) is 2.30. The van der Waals surface area contributed by atoms with Crippen molar-refractivity contribution in [3.05, 3.63) is 0 Å². The largest absolute Gasteiger partial charge is 0.354 e. The summed E-state index contributed by atoms with van der Waals surface area (Å²) in [5.74, 6) is -0.00133. The molecule has 0 saturated carbocycles. The second-order valence-electron chi connectivity index (χ2n) is 4.60. The molecule has 5 heteroatoms. The molecule has 0 aromatic carbocycles. The van der Waals surface area contributed by atoms with Crippen LogP contribution in [0.15, 0.2) is 0 Å². The summed E-state index contributed by atoms with van der Waals surface area (Å²) in [7, 11) is 1.96. The smallest absolute Gasteiger partial charge is 0.234 e. The van der Waals surface area contributed by atoms with Crippen LogP contribution < -0.4 is 10.6 Å². The zero-order valence-electron chi connectivity index (χ0n) is 10.5. The van der Waals surface area contributed by atoms with Gasteiger partial charge in [-0.1, -0.05) is 6.42 Å². The third-order valence-electron chi connectivity index (χ3n) is 2.92. The van der Waals surface area contributed by atoms with E-state index in [1.807, 2.05) is 18.0 Å². The van der Waals surface area contributed by atoms with Gasteiger partial charge in [0.15, 0.2) is 0 Å². The van der Waals surface area contributed by atoms with Gasteiger partial charge in [-0.05, 0) is 26.4 Å². The van der Waals surface area contributed by atoms with E-state index in [1.165, 1.54) is 19.3 Å². The highest BCUT2D eigenvalue weighted by atomic mass is 16.2.